The molecule has 4 heteroatoms. The average molecular weight is 215 g/mol. The van der Waals surface area contributed by atoms with Crippen LogP contribution in [-0.2, 0) is 11.3 Å². The SMILES string of the molecule is Cc1[nH]cnc1-c1ccc(CNC=O)cc1. The quantitative estimate of drug-likeness (QED) is 0.761. The maximum Gasteiger partial charge on any atom is 0.207 e. The Morgan fingerprint density at radius 2 is 2.12 bits per heavy atom. The summed E-state index contributed by atoms with van der Waals surface area (Å²) in [4.78, 5) is 17.4. The van der Waals surface area contributed by atoms with Crippen molar-refractivity contribution in [2.24, 2.45) is 0 Å². The summed E-state index contributed by atoms with van der Waals surface area (Å²) >= 11 is 0. The van der Waals surface area contributed by atoms with E-state index in [1.54, 1.807) is 6.33 Å². The van der Waals surface area contributed by atoms with Crippen LogP contribution < -0.4 is 5.32 Å². The van der Waals surface area contributed by atoms with Gasteiger partial charge in [0.2, 0.25) is 6.41 Å². The Bertz CT molecular complexity index is 473. The van der Waals surface area contributed by atoms with Crippen LogP contribution in [0.3, 0.4) is 0 Å². The van der Waals surface area contributed by atoms with Crippen molar-refractivity contribution in [2.75, 3.05) is 0 Å². The smallest absolute Gasteiger partial charge is 0.207 e. The van der Waals surface area contributed by atoms with Gasteiger partial charge in [0.1, 0.15) is 0 Å². The van der Waals surface area contributed by atoms with E-state index >= 15 is 0 Å². The van der Waals surface area contributed by atoms with Crippen LogP contribution in [-0.4, -0.2) is 16.4 Å². The van der Waals surface area contributed by atoms with E-state index in [2.05, 4.69) is 15.3 Å². The molecule has 1 amide bonds. The molecular formula is C12H13N3O. The van der Waals surface area contributed by atoms with E-state index in [0.717, 1.165) is 22.5 Å². The Morgan fingerprint density at radius 1 is 1.38 bits per heavy atom. The van der Waals surface area contributed by atoms with E-state index < -0.39 is 0 Å². The highest BCUT2D eigenvalue weighted by atomic mass is 16.1. The molecule has 2 aromatic rings. The zero-order chi connectivity index (χ0) is 11.4. The van der Waals surface area contributed by atoms with E-state index in [4.69, 9.17) is 0 Å². The van der Waals surface area contributed by atoms with Crippen LogP contribution in [0.1, 0.15) is 11.3 Å². The second-order valence-electron chi connectivity index (χ2n) is 3.57. The van der Waals surface area contributed by atoms with Gasteiger partial charge in [-0.2, -0.15) is 0 Å². The van der Waals surface area contributed by atoms with Gasteiger partial charge in [0, 0.05) is 17.8 Å². The number of aromatic amines is 1. The molecule has 0 aliphatic carbocycles. The molecule has 82 valence electrons. The molecule has 0 spiro atoms. The van der Waals surface area contributed by atoms with Gasteiger partial charge in [-0.25, -0.2) is 4.98 Å². The average Bonchev–Trinajstić information content (AvgIpc) is 2.74. The Labute approximate surface area is 93.7 Å². The molecule has 0 bridgehead atoms. The predicted octanol–water partition coefficient (Wildman–Crippen LogP) is 1.63. The van der Waals surface area contributed by atoms with Crippen molar-refractivity contribution >= 4 is 6.41 Å². The normalized spacial score (nSPS) is 10.1. The van der Waals surface area contributed by atoms with Gasteiger partial charge in [-0.05, 0) is 12.5 Å². The number of H-pyrrole nitrogens is 1. The number of nitrogens with one attached hydrogen (secondary N) is 2. The molecule has 1 aromatic carbocycles. The largest absolute Gasteiger partial charge is 0.355 e. The number of carbonyl (C=O) groups excluding carboxylic acids is 1. The maximum absolute atomic E-state index is 10.2. The molecule has 1 aromatic heterocycles. The third kappa shape index (κ3) is 2.11. The predicted molar refractivity (Wildman–Crippen MR) is 61.7 cm³/mol. The molecule has 0 aliphatic rings. The van der Waals surface area contributed by atoms with Crippen molar-refractivity contribution in [1.29, 1.82) is 0 Å². The molecule has 0 saturated heterocycles. The van der Waals surface area contributed by atoms with Crippen LogP contribution in [0.15, 0.2) is 30.6 Å². The number of hydrogen-bond donors (Lipinski definition) is 2. The number of nitrogens with zero attached hydrogens (tertiary/aromatic N) is 1. The van der Waals surface area contributed by atoms with E-state index in [-0.39, 0.29) is 0 Å². The number of imidazole rings is 1. The molecule has 0 atom stereocenters. The number of benzene rings is 1. The molecule has 0 radical (unpaired) electrons. The Morgan fingerprint density at radius 3 is 2.69 bits per heavy atom. The summed E-state index contributed by atoms with van der Waals surface area (Å²) in [6, 6.07) is 7.98. The number of aromatic nitrogens is 2. The van der Waals surface area contributed by atoms with Crippen molar-refractivity contribution in [3.8, 4) is 11.3 Å². The monoisotopic (exact) mass is 215 g/mol. The van der Waals surface area contributed by atoms with Crippen molar-refractivity contribution in [2.45, 2.75) is 13.5 Å². The highest BCUT2D eigenvalue weighted by molar-refractivity contribution is 5.61. The maximum atomic E-state index is 10.2. The first-order chi connectivity index (χ1) is 7.81. The van der Waals surface area contributed by atoms with Gasteiger partial charge in [0.05, 0.1) is 12.0 Å². The second-order valence-corrected chi connectivity index (χ2v) is 3.57. The molecule has 1 heterocycles. The standard InChI is InChI=1S/C12H13N3O/c1-9-12(15-7-14-9)11-4-2-10(3-5-11)6-13-8-16/h2-5,7-8H,6H2,1H3,(H,13,16)(H,14,15). The molecule has 4 nitrogen and oxygen atoms in total. The lowest BCUT2D eigenvalue weighted by Crippen LogP contribution is -2.09. The lowest BCUT2D eigenvalue weighted by atomic mass is 10.1. The first-order valence-electron chi connectivity index (χ1n) is 5.07. The molecule has 16 heavy (non-hydrogen) atoms. The third-order valence-corrected chi connectivity index (χ3v) is 2.45. The number of rotatable bonds is 4. The van der Waals surface area contributed by atoms with Gasteiger partial charge in [-0.1, -0.05) is 24.3 Å². The zero-order valence-corrected chi connectivity index (χ0v) is 9.03. The van der Waals surface area contributed by atoms with Gasteiger partial charge < -0.3 is 10.3 Å². The summed E-state index contributed by atoms with van der Waals surface area (Å²) in [6.45, 7) is 2.55. The molecule has 0 aliphatic heterocycles. The van der Waals surface area contributed by atoms with E-state index in [1.165, 1.54) is 0 Å². The summed E-state index contributed by atoms with van der Waals surface area (Å²) in [5.41, 5.74) is 4.17. The summed E-state index contributed by atoms with van der Waals surface area (Å²) in [7, 11) is 0. The van der Waals surface area contributed by atoms with Crippen molar-refractivity contribution in [3.63, 3.8) is 0 Å². The van der Waals surface area contributed by atoms with Gasteiger partial charge in [-0.3, -0.25) is 4.79 Å². The molecule has 2 rings (SSSR count). The first kappa shape index (κ1) is 10.4. The minimum Gasteiger partial charge on any atom is -0.355 e. The summed E-state index contributed by atoms with van der Waals surface area (Å²) in [5, 5.41) is 2.63. The van der Waals surface area contributed by atoms with E-state index in [9.17, 15) is 4.79 Å². The second kappa shape index (κ2) is 4.61. The highest BCUT2D eigenvalue weighted by Gasteiger charge is 2.03. The van der Waals surface area contributed by atoms with Crippen LogP contribution in [0, 0.1) is 6.92 Å². The minimum absolute atomic E-state index is 0.559. The fourth-order valence-corrected chi connectivity index (χ4v) is 1.59. The van der Waals surface area contributed by atoms with Gasteiger partial charge in [0.25, 0.3) is 0 Å². The Hall–Kier alpha value is -2.10. The molecule has 0 unspecified atom stereocenters. The van der Waals surface area contributed by atoms with E-state index in [1.807, 2.05) is 31.2 Å². The van der Waals surface area contributed by atoms with E-state index in [0.29, 0.717) is 13.0 Å². The van der Waals surface area contributed by atoms with Crippen LogP contribution >= 0.6 is 0 Å². The topological polar surface area (TPSA) is 57.8 Å². The molecular weight excluding hydrogens is 202 g/mol. The molecule has 0 saturated carbocycles. The highest BCUT2D eigenvalue weighted by Crippen LogP contribution is 2.19. The number of carbonyl (C=O) groups is 1. The summed E-state index contributed by atoms with van der Waals surface area (Å²) in [6.07, 6.45) is 2.39. The number of amides is 1. The van der Waals surface area contributed by atoms with Crippen LogP contribution in [0.5, 0.6) is 0 Å². The molecule has 0 fully saturated rings. The van der Waals surface area contributed by atoms with Crippen molar-refractivity contribution in [3.05, 3.63) is 41.9 Å². The van der Waals surface area contributed by atoms with Gasteiger partial charge >= 0.3 is 0 Å². The summed E-state index contributed by atoms with van der Waals surface area (Å²) < 4.78 is 0. The van der Waals surface area contributed by atoms with Gasteiger partial charge in [0.15, 0.2) is 0 Å². The molecule has 2 N–H and O–H groups in total. The Kier molecular flexibility index (Phi) is 3.00. The Balaban J connectivity index is 2.19. The third-order valence-electron chi connectivity index (χ3n) is 2.45. The zero-order valence-electron chi connectivity index (χ0n) is 9.03. The first-order valence-corrected chi connectivity index (χ1v) is 5.07. The lowest BCUT2D eigenvalue weighted by Gasteiger charge is -2.02. The van der Waals surface area contributed by atoms with Gasteiger partial charge in [-0.15, -0.1) is 0 Å². The van der Waals surface area contributed by atoms with Crippen LogP contribution in [0.2, 0.25) is 0 Å². The number of hydrogen-bond acceptors (Lipinski definition) is 2. The van der Waals surface area contributed by atoms with Crippen molar-refractivity contribution in [1.82, 2.24) is 15.3 Å². The fraction of sp³-hybridized carbons (Fsp3) is 0.167. The van der Waals surface area contributed by atoms with Crippen molar-refractivity contribution < 1.29 is 4.79 Å². The summed E-state index contributed by atoms with van der Waals surface area (Å²) in [5.74, 6) is 0. The fourth-order valence-electron chi connectivity index (χ4n) is 1.59. The van der Waals surface area contributed by atoms with Crippen LogP contribution in [0.4, 0.5) is 0 Å². The minimum atomic E-state index is 0.559. The van der Waals surface area contributed by atoms with Crippen LogP contribution in [0.25, 0.3) is 11.3 Å². The lowest BCUT2D eigenvalue weighted by molar-refractivity contribution is -0.109. The number of aryl methyl sites for hydroxylation is 1.